The maximum atomic E-state index is 4.87. The number of rotatable bonds is 4. The van der Waals surface area contributed by atoms with E-state index in [0.717, 1.165) is 56.1 Å². The molecule has 236 valence electrons. The van der Waals surface area contributed by atoms with Gasteiger partial charge in [0, 0.05) is 65.9 Å². The van der Waals surface area contributed by atoms with Crippen molar-refractivity contribution in [1.29, 1.82) is 0 Å². The Hall–Kier alpha value is -6.78. The number of H-pyrrole nitrogens is 2. The van der Waals surface area contributed by atoms with Crippen LogP contribution in [0, 0.1) is 0 Å². The molecule has 0 fully saturated rings. The van der Waals surface area contributed by atoms with Crippen LogP contribution < -0.4 is 0 Å². The quantitative estimate of drug-likeness (QED) is 0.201. The fourth-order valence-corrected chi connectivity index (χ4v) is 6.75. The summed E-state index contributed by atoms with van der Waals surface area (Å²) in [7, 11) is 0. The summed E-state index contributed by atoms with van der Waals surface area (Å²) in [6.07, 6.45) is 0. The molecule has 4 heterocycles. The van der Waals surface area contributed by atoms with E-state index >= 15 is 0 Å². The number of hydrogen-bond acceptors (Lipinski definition) is 2. The number of aromatic nitrogens is 4. The van der Waals surface area contributed by atoms with Gasteiger partial charge in [0.15, 0.2) is 0 Å². The zero-order valence-electron chi connectivity index (χ0n) is 27.2. The first kappa shape index (κ1) is 29.4. The van der Waals surface area contributed by atoms with Crippen molar-refractivity contribution in [3.63, 3.8) is 0 Å². The van der Waals surface area contributed by atoms with E-state index in [2.05, 4.69) is 156 Å². The summed E-state index contributed by atoms with van der Waals surface area (Å²) in [5, 5.41) is 4.99. The van der Waals surface area contributed by atoms with Gasteiger partial charge in [0.1, 0.15) is 0 Å². The maximum Gasteiger partial charge on any atom is 0.0710 e. The number of fused-ring (bicyclic) bond motifs is 6. The molecule has 6 aromatic carbocycles. The average Bonchev–Trinajstić information content (AvgIpc) is 3.76. The Morgan fingerprint density at radius 2 is 0.680 bits per heavy atom. The van der Waals surface area contributed by atoms with E-state index in [9.17, 15) is 0 Å². The molecular weight excluding hydrogens is 609 g/mol. The zero-order valence-corrected chi connectivity index (χ0v) is 27.2. The van der Waals surface area contributed by atoms with E-state index in [4.69, 9.17) is 9.97 Å². The molecule has 0 amide bonds. The Labute approximate surface area is 289 Å². The molecule has 0 spiro atoms. The van der Waals surface area contributed by atoms with E-state index in [1.165, 1.54) is 32.6 Å². The van der Waals surface area contributed by atoms with Gasteiger partial charge in [0.2, 0.25) is 0 Å². The van der Waals surface area contributed by atoms with Crippen LogP contribution in [0.2, 0.25) is 0 Å². The summed E-state index contributed by atoms with van der Waals surface area (Å²) in [5.41, 5.74) is 13.1. The molecule has 0 unspecified atom stereocenters. The summed E-state index contributed by atoms with van der Waals surface area (Å²) in [4.78, 5) is 16.7. The first-order valence-corrected chi connectivity index (χ1v) is 16.8. The average molecular weight is 641 g/mol. The summed E-state index contributed by atoms with van der Waals surface area (Å²) in [5.74, 6) is 0. The van der Waals surface area contributed by atoms with Crippen LogP contribution in [0.5, 0.6) is 0 Å². The van der Waals surface area contributed by atoms with Crippen LogP contribution >= 0.6 is 0 Å². The normalized spacial score (nSPS) is 11.2. The predicted octanol–water partition coefficient (Wildman–Crippen LogP) is 12.1. The lowest BCUT2D eigenvalue weighted by Crippen LogP contribution is -1.87. The van der Waals surface area contributed by atoms with E-state index < -0.39 is 0 Å². The second-order valence-corrected chi connectivity index (χ2v) is 12.4. The molecule has 4 heteroatoms. The fourth-order valence-electron chi connectivity index (χ4n) is 6.75. The third-order valence-corrected chi connectivity index (χ3v) is 9.24. The number of para-hydroxylation sites is 2. The second-order valence-electron chi connectivity index (χ2n) is 12.4. The second kappa shape index (κ2) is 12.7. The van der Waals surface area contributed by atoms with Crippen LogP contribution in [0.3, 0.4) is 0 Å². The third-order valence-electron chi connectivity index (χ3n) is 9.24. The highest BCUT2D eigenvalue weighted by atomic mass is 14.7. The Morgan fingerprint density at radius 3 is 1.28 bits per heavy atom. The van der Waals surface area contributed by atoms with Gasteiger partial charge in [-0.3, -0.25) is 0 Å². The van der Waals surface area contributed by atoms with Crippen molar-refractivity contribution in [1.82, 2.24) is 19.9 Å². The van der Waals surface area contributed by atoms with E-state index in [0.29, 0.717) is 0 Å². The Bertz CT molecular complexity index is 2750. The molecule has 0 radical (unpaired) electrons. The van der Waals surface area contributed by atoms with Crippen LogP contribution in [-0.4, -0.2) is 19.9 Å². The molecule has 10 aromatic rings. The van der Waals surface area contributed by atoms with Gasteiger partial charge in [0.05, 0.1) is 22.8 Å². The van der Waals surface area contributed by atoms with Crippen LogP contribution in [0.4, 0.5) is 0 Å². The van der Waals surface area contributed by atoms with Gasteiger partial charge in [-0.2, -0.15) is 0 Å². The lowest BCUT2D eigenvalue weighted by molar-refractivity contribution is 1.32. The number of pyridine rings is 2. The van der Waals surface area contributed by atoms with Gasteiger partial charge in [0.25, 0.3) is 0 Å². The number of nitrogens with zero attached hydrogens (tertiary/aromatic N) is 2. The molecule has 0 aliphatic rings. The molecule has 4 aromatic heterocycles. The first-order chi connectivity index (χ1) is 24.8. The fraction of sp³-hybridized carbons (Fsp3) is 0. The summed E-state index contributed by atoms with van der Waals surface area (Å²) < 4.78 is 0. The maximum absolute atomic E-state index is 4.87. The van der Waals surface area contributed by atoms with Crippen LogP contribution in [-0.2, 0) is 0 Å². The zero-order chi connectivity index (χ0) is 33.3. The first-order valence-electron chi connectivity index (χ1n) is 16.8. The van der Waals surface area contributed by atoms with Gasteiger partial charge < -0.3 is 9.97 Å². The molecule has 2 N–H and O–H groups in total. The number of benzene rings is 6. The van der Waals surface area contributed by atoms with Gasteiger partial charge >= 0.3 is 0 Å². The van der Waals surface area contributed by atoms with Crippen LogP contribution in [0.1, 0.15) is 0 Å². The number of nitrogens with one attached hydrogen (secondary N) is 2. The molecular formula is C46H32N4. The van der Waals surface area contributed by atoms with Gasteiger partial charge in [-0.05, 0) is 54.6 Å². The van der Waals surface area contributed by atoms with Crippen molar-refractivity contribution >= 4 is 43.6 Å². The SMILES string of the molecule is c1ccc(-c2cccc(-c3ccc4[nH]c5ccccc5c4c3)n2)cc1.c1ccc(-c2cccc(-c3ccc4c(c3)[nH]c3ccccc34)n2)cc1. The molecule has 0 bridgehead atoms. The van der Waals surface area contributed by atoms with Gasteiger partial charge in [-0.15, -0.1) is 0 Å². The molecule has 10 rings (SSSR count). The molecule has 0 saturated carbocycles. The predicted molar refractivity (Wildman–Crippen MR) is 209 cm³/mol. The van der Waals surface area contributed by atoms with E-state index in [-0.39, 0.29) is 0 Å². The lowest BCUT2D eigenvalue weighted by atomic mass is 10.1. The van der Waals surface area contributed by atoms with Crippen molar-refractivity contribution < 1.29 is 0 Å². The Morgan fingerprint density at radius 1 is 0.260 bits per heavy atom. The molecule has 0 aliphatic carbocycles. The smallest absolute Gasteiger partial charge is 0.0710 e. The Kier molecular flexibility index (Phi) is 7.45. The highest BCUT2D eigenvalue weighted by Crippen LogP contribution is 2.32. The standard InChI is InChI=1S/2C23H16N2/c1-2-7-16(8-3-1)20-11-6-12-21(24-20)17-13-14-23-19(15-17)18-9-4-5-10-22(18)25-23;1-2-7-16(8-3-1)20-11-6-12-21(24-20)17-13-14-19-18-9-4-5-10-22(18)25-23(19)15-17/h2*1-15,25H. The summed E-state index contributed by atoms with van der Waals surface area (Å²) in [6.45, 7) is 0. The summed E-state index contributed by atoms with van der Waals surface area (Å²) >= 11 is 0. The van der Waals surface area contributed by atoms with E-state index in [1.807, 2.05) is 36.4 Å². The van der Waals surface area contributed by atoms with Crippen molar-refractivity contribution in [3.8, 4) is 45.0 Å². The minimum atomic E-state index is 0.988. The molecule has 4 nitrogen and oxygen atoms in total. The monoisotopic (exact) mass is 640 g/mol. The molecule has 0 atom stereocenters. The van der Waals surface area contributed by atoms with Crippen molar-refractivity contribution in [2.24, 2.45) is 0 Å². The minimum Gasteiger partial charge on any atom is -0.355 e. The molecule has 0 aliphatic heterocycles. The largest absolute Gasteiger partial charge is 0.355 e. The minimum absolute atomic E-state index is 0.988. The highest BCUT2D eigenvalue weighted by molar-refractivity contribution is 6.09. The molecule has 0 saturated heterocycles. The topological polar surface area (TPSA) is 57.4 Å². The van der Waals surface area contributed by atoms with Gasteiger partial charge in [-0.25, -0.2) is 9.97 Å². The van der Waals surface area contributed by atoms with Crippen LogP contribution in [0.25, 0.3) is 88.6 Å². The van der Waals surface area contributed by atoms with E-state index in [1.54, 1.807) is 0 Å². The van der Waals surface area contributed by atoms with Crippen molar-refractivity contribution in [2.45, 2.75) is 0 Å². The van der Waals surface area contributed by atoms with Crippen LogP contribution in [0.15, 0.2) is 182 Å². The highest BCUT2D eigenvalue weighted by Gasteiger charge is 2.09. The van der Waals surface area contributed by atoms with Crippen molar-refractivity contribution in [2.75, 3.05) is 0 Å². The third kappa shape index (κ3) is 5.59. The number of aromatic amines is 2. The number of hydrogen-bond donors (Lipinski definition) is 2. The Balaban J connectivity index is 0.000000135. The van der Waals surface area contributed by atoms with Crippen molar-refractivity contribution in [3.05, 3.63) is 182 Å². The summed E-state index contributed by atoms with van der Waals surface area (Å²) in [6, 6.07) is 62.8. The molecule has 50 heavy (non-hydrogen) atoms. The van der Waals surface area contributed by atoms with Gasteiger partial charge in [-0.1, -0.05) is 127 Å². The lowest BCUT2D eigenvalue weighted by Gasteiger charge is -2.05.